The van der Waals surface area contributed by atoms with Crippen molar-refractivity contribution in [2.75, 3.05) is 26.2 Å². The van der Waals surface area contributed by atoms with E-state index in [-0.39, 0.29) is 42.4 Å². The number of hydrogen-bond acceptors (Lipinski definition) is 4. The molecule has 154 valence electrons. The van der Waals surface area contributed by atoms with Gasteiger partial charge in [-0.1, -0.05) is 24.3 Å². The number of hydrogen-bond donors (Lipinski definition) is 3. The highest BCUT2D eigenvalue weighted by Gasteiger charge is 2.37. The van der Waals surface area contributed by atoms with E-state index >= 15 is 0 Å². The van der Waals surface area contributed by atoms with Crippen molar-refractivity contribution in [1.29, 1.82) is 0 Å². The second-order valence-electron chi connectivity index (χ2n) is 7.43. The summed E-state index contributed by atoms with van der Waals surface area (Å²) in [6, 6.07) is 14.1. The molecule has 0 radical (unpaired) electrons. The number of fused-ring (bicyclic) bond motifs is 4. The number of halogens is 1. The number of pyridine rings is 1. The number of nitrogens with zero attached hydrogens (tertiary/aromatic N) is 1. The zero-order valence-electron chi connectivity index (χ0n) is 16.0. The predicted molar refractivity (Wildman–Crippen MR) is 112 cm³/mol. The molecule has 8 heteroatoms. The third-order valence-electron chi connectivity index (χ3n) is 5.65. The minimum Gasteiger partial charge on any atom is -0.352 e. The second-order valence-corrected chi connectivity index (χ2v) is 7.43. The van der Waals surface area contributed by atoms with E-state index in [2.05, 4.69) is 16.0 Å². The average Bonchev–Trinajstić information content (AvgIpc) is 2.73. The number of carbonyl (C=O) groups is 2. The Morgan fingerprint density at radius 2 is 1.83 bits per heavy atom. The third kappa shape index (κ3) is 4.52. The first-order chi connectivity index (χ1) is 13.6. The van der Waals surface area contributed by atoms with Crippen molar-refractivity contribution in [3.63, 3.8) is 0 Å². The fraction of sp³-hybridized carbons (Fsp3) is 0.381. The summed E-state index contributed by atoms with van der Waals surface area (Å²) in [5, 5.41) is 8.96. The van der Waals surface area contributed by atoms with E-state index in [1.807, 2.05) is 16.7 Å². The Morgan fingerprint density at radius 1 is 1.03 bits per heavy atom. The number of benzene rings is 1. The van der Waals surface area contributed by atoms with E-state index in [9.17, 15) is 14.4 Å². The summed E-state index contributed by atoms with van der Waals surface area (Å²) in [7, 11) is 0. The van der Waals surface area contributed by atoms with Crippen molar-refractivity contribution in [2.45, 2.75) is 18.4 Å². The van der Waals surface area contributed by atoms with Gasteiger partial charge in [0.1, 0.15) is 0 Å². The molecule has 3 heterocycles. The van der Waals surface area contributed by atoms with Crippen LogP contribution >= 0.6 is 12.4 Å². The van der Waals surface area contributed by atoms with Gasteiger partial charge in [0.25, 0.3) is 11.5 Å². The lowest BCUT2D eigenvalue weighted by Gasteiger charge is -2.43. The van der Waals surface area contributed by atoms with Gasteiger partial charge in [-0.3, -0.25) is 14.4 Å². The largest absolute Gasteiger partial charge is 0.352 e. The Kier molecular flexibility index (Phi) is 6.71. The molecule has 0 unspecified atom stereocenters. The maximum Gasteiger partial charge on any atom is 0.251 e. The molecular weight excluding hydrogens is 392 g/mol. The van der Waals surface area contributed by atoms with Crippen LogP contribution in [0.3, 0.4) is 0 Å². The number of rotatable bonds is 5. The second kappa shape index (κ2) is 9.24. The van der Waals surface area contributed by atoms with Crippen molar-refractivity contribution in [3.05, 3.63) is 70.1 Å². The summed E-state index contributed by atoms with van der Waals surface area (Å²) < 4.78 is 1.85. The number of nitrogens with one attached hydrogen (secondary N) is 3. The minimum absolute atomic E-state index is 0. The van der Waals surface area contributed by atoms with E-state index in [4.69, 9.17) is 0 Å². The van der Waals surface area contributed by atoms with E-state index in [1.165, 1.54) is 0 Å². The molecule has 1 saturated heterocycles. The lowest BCUT2D eigenvalue weighted by Crippen LogP contribution is -2.51. The topological polar surface area (TPSA) is 92.2 Å². The van der Waals surface area contributed by atoms with Crippen LogP contribution in [0.1, 0.15) is 34.4 Å². The summed E-state index contributed by atoms with van der Waals surface area (Å²) in [5.74, 6) is 0.0883. The molecule has 1 aromatic carbocycles. The molecule has 29 heavy (non-hydrogen) atoms. The van der Waals surface area contributed by atoms with Crippen LogP contribution in [0.4, 0.5) is 0 Å². The molecule has 4 rings (SSSR count). The maximum atomic E-state index is 12.5. The van der Waals surface area contributed by atoms with Gasteiger partial charge < -0.3 is 20.5 Å². The monoisotopic (exact) mass is 416 g/mol. The molecule has 2 aliphatic rings. The Balaban J connectivity index is 0.00000240. The van der Waals surface area contributed by atoms with Gasteiger partial charge in [-0.05, 0) is 30.5 Å². The summed E-state index contributed by atoms with van der Waals surface area (Å²) in [6.07, 6.45) is 1.02. The highest BCUT2D eigenvalue weighted by Crippen LogP contribution is 2.37. The van der Waals surface area contributed by atoms with Crippen molar-refractivity contribution in [2.24, 2.45) is 5.92 Å². The van der Waals surface area contributed by atoms with Crippen LogP contribution in [0.15, 0.2) is 53.3 Å². The minimum atomic E-state index is -0.283. The van der Waals surface area contributed by atoms with E-state index in [0.717, 1.165) is 25.2 Å². The first-order valence-corrected chi connectivity index (χ1v) is 9.65. The summed E-state index contributed by atoms with van der Waals surface area (Å²) in [5.41, 5.74) is 1.53. The molecule has 2 amide bonds. The van der Waals surface area contributed by atoms with Gasteiger partial charge in [0, 0.05) is 42.9 Å². The molecular formula is C21H25ClN4O3. The van der Waals surface area contributed by atoms with Crippen LogP contribution in [-0.2, 0) is 4.79 Å². The summed E-state index contributed by atoms with van der Waals surface area (Å²) in [4.78, 5) is 36.8. The van der Waals surface area contributed by atoms with Crippen LogP contribution < -0.4 is 21.5 Å². The first-order valence-electron chi connectivity index (χ1n) is 9.65. The van der Waals surface area contributed by atoms with Gasteiger partial charge in [0.15, 0.2) is 0 Å². The molecule has 2 bridgehead atoms. The van der Waals surface area contributed by atoms with Crippen molar-refractivity contribution < 1.29 is 9.59 Å². The maximum absolute atomic E-state index is 12.5. The number of aromatic nitrogens is 1. The Morgan fingerprint density at radius 3 is 2.62 bits per heavy atom. The Hall–Kier alpha value is -2.64. The fourth-order valence-corrected chi connectivity index (χ4v) is 4.30. The lowest BCUT2D eigenvalue weighted by atomic mass is 9.79. The molecule has 3 N–H and O–H groups in total. The summed E-state index contributed by atoms with van der Waals surface area (Å²) in [6.45, 7) is 1.99. The van der Waals surface area contributed by atoms with Crippen LogP contribution in [-0.4, -0.2) is 42.6 Å². The van der Waals surface area contributed by atoms with E-state index < -0.39 is 0 Å². The van der Waals surface area contributed by atoms with Crippen LogP contribution in [0.25, 0.3) is 0 Å². The molecule has 0 saturated carbocycles. The Labute approximate surface area is 175 Å². The molecule has 7 nitrogen and oxygen atoms in total. The van der Waals surface area contributed by atoms with Crippen molar-refractivity contribution in [1.82, 2.24) is 20.5 Å². The molecule has 1 aromatic heterocycles. The van der Waals surface area contributed by atoms with E-state index in [0.29, 0.717) is 23.9 Å². The molecule has 0 aliphatic carbocycles. The smallest absolute Gasteiger partial charge is 0.251 e. The highest BCUT2D eigenvalue weighted by molar-refractivity contribution is 5.96. The lowest BCUT2D eigenvalue weighted by molar-refractivity contribution is -0.120. The SMILES string of the molecule is Cl.O=C(CNC(=O)c1ccccc1)NC[C@H]1[C@@H]2CNC[C@@H](C2)c2cccc(=O)n21. The van der Waals surface area contributed by atoms with Crippen molar-refractivity contribution >= 4 is 24.2 Å². The normalized spacial score (nSPS) is 22.0. The van der Waals surface area contributed by atoms with Gasteiger partial charge in [0.2, 0.25) is 5.91 Å². The first kappa shape index (κ1) is 21.1. The number of carbonyl (C=O) groups excluding carboxylic acids is 2. The quantitative estimate of drug-likeness (QED) is 0.679. The zero-order chi connectivity index (χ0) is 19.5. The van der Waals surface area contributed by atoms with Crippen LogP contribution in [0.2, 0.25) is 0 Å². The molecule has 2 aromatic rings. The zero-order valence-corrected chi connectivity index (χ0v) is 16.8. The third-order valence-corrected chi connectivity index (χ3v) is 5.65. The van der Waals surface area contributed by atoms with Gasteiger partial charge in [0.05, 0.1) is 12.6 Å². The predicted octanol–water partition coefficient (Wildman–Crippen LogP) is 1.06. The highest BCUT2D eigenvalue weighted by atomic mass is 35.5. The van der Waals surface area contributed by atoms with E-state index in [1.54, 1.807) is 36.4 Å². The number of piperidine rings is 1. The van der Waals surface area contributed by atoms with Crippen molar-refractivity contribution in [3.8, 4) is 0 Å². The number of amides is 2. The van der Waals surface area contributed by atoms with Gasteiger partial charge in [-0.25, -0.2) is 0 Å². The summed E-state index contributed by atoms with van der Waals surface area (Å²) >= 11 is 0. The standard InChI is InChI=1S/C21H24N4O3.ClH/c26-19(13-24-21(28)14-5-2-1-3-6-14)23-12-18-16-9-15(10-22-11-16)17-7-4-8-20(27)25(17)18;/h1-8,15-16,18,22H,9-13H2,(H,23,26)(H,24,28);1H/t15-,16+,18+;/m1./s1. The van der Waals surface area contributed by atoms with Gasteiger partial charge in [-0.15, -0.1) is 12.4 Å². The fourth-order valence-electron chi connectivity index (χ4n) is 4.30. The van der Waals surface area contributed by atoms with Crippen LogP contribution in [0, 0.1) is 5.92 Å². The molecule has 1 fully saturated rings. The van der Waals surface area contributed by atoms with Crippen LogP contribution in [0.5, 0.6) is 0 Å². The molecule has 2 aliphatic heterocycles. The van der Waals surface area contributed by atoms with Gasteiger partial charge in [-0.2, -0.15) is 0 Å². The molecule has 0 spiro atoms. The molecule has 3 atom stereocenters. The van der Waals surface area contributed by atoms with Gasteiger partial charge >= 0.3 is 0 Å². The average molecular weight is 417 g/mol. The Bertz CT molecular complexity index is 931.